The van der Waals surface area contributed by atoms with Crippen LogP contribution in [0.1, 0.15) is 44.6 Å². The van der Waals surface area contributed by atoms with E-state index >= 15 is 0 Å². The first-order valence-corrected chi connectivity index (χ1v) is 8.03. The van der Waals surface area contributed by atoms with Gasteiger partial charge in [-0.3, -0.25) is 4.79 Å². The number of carbonyl (C=O) groups excluding carboxylic acids is 1. The first-order valence-electron chi connectivity index (χ1n) is 8.03. The predicted octanol–water partition coefficient (Wildman–Crippen LogP) is 3.08. The van der Waals surface area contributed by atoms with E-state index in [2.05, 4.69) is 23.6 Å². The molecule has 0 aromatic heterocycles. The summed E-state index contributed by atoms with van der Waals surface area (Å²) in [5.41, 5.74) is 1.98. The second-order valence-electron chi connectivity index (χ2n) is 6.17. The Hall–Kier alpha value is -1.55. The van der Waals surface area contributed by atoms with E-state index in [-0.39, 0.29) is 12.5 Å². The standard InChI is InChI=1S/C17H24N2O2/c1-2-12-3-6-14(7-4-12)18-10-13-5-8-16-15(9-13)19-17(20)11-21-16/h5,8-9,12,14,18H,2-4,6-7,10-11H2,1H3,(H,19,20). The summed E-state index contributed by atoms with van der Waals surface area (Å²) >= 11 is 0. The summed E-state index contributed by atoms with van der Waals surface area (Å²) in [5, 5.41) is 6.51. The van der Waals surface area contributed by atoms with Crippen LogP contribution >= 0.6 is 0 Å². The van der Waals surface area contributed by atoms with E-state index < -0.39 is 0 Å². The third kappa shape index (κ3) is 3.56. The minimum absolute atomic E-state index is 0.0782. The van der Waals surface area contributed by atoms with E-state index in [0.29, 0.717) is 6.04 Å². The van der Waals surface area contributed by atoms with Crippen molar-refractivity contribution >= 4 is 11.6 Å². The lowest BCUT2D eigenvalue weighted by atomic mass is 9.84. The molecule has 0 bridgehead atoms. The van der Waals surface area contributed by atoms with Gasteiger partial charge in [-0.05, 0) is 49.3 Å². The average Bonchev–Trinajstić information content (AvgIpc) is 2.53. The zero-order chi connectivity index (χ0) is 14.7. The lowest BCUT2D eigenvalue weighted by Crippen LogP contribution is -2.32. The number of rotatable bonds is 4. The minimum Gasteiger partial charge on any atom is -0.482 e. The molecule has 0 radical (unpaired) electrons. The average molecular weight is 288 g/mol. The van der Waals surface area contributed by atoms with E-state index in [1.54, 1.807) is 0 Å². The van der Waals surface area contributed by atoms with Crippen LogP contribution in [0.3, 0.4) is 0 Å². The lowest BCUT2D eigenvalue weighted by Gasteiger charge is -2.28. The molecule has 3 rings (SSSR count). The van der Waals surface area contributed by atoms with Crippen molar-refractivity contribution in [2.45, 2.75) is 51.6 Å². The molecule has 2 N–H and O–H groups in total. The molecule has 1 aliphatic carbocycles. The fraction of sp³-hybridized carbons (Fsp3) is 0.588. The van der Waals surface area contributed by atoms with Gasteiger partial charge in [0.2, 0.25) is 0 Å². The van der Waals surface area contributed by atoms with Gasteiger partial charge >= 0.3 is 0 Å². The van der Waals surface area contributed by atoms with Gasteiger partial charge in [-0.1, -0.05) is 19.4 Å². The highest BCUT2D eigenvalue weighted by molar-refractivity contribution is 5.95. The Morgan fingerprint density at radius 2 is 2.10 bits per heavy atom. The molecule has 0 atom stereocenters. The fourth-order valence-corrected chi connectivity index (χ4v) is 3.28. The number of fused-ring (bicyclic) bond motifs is 1. The molecule has 0 saturated heterocycles. The third-order valence-electron chi connectivity index (χ3n) is 4.70. The van der Waals surface area contributed by atoms with Crippen LogP contribution in [-0.4, -0.2) is 18.6 Å². The van der Waals surface area contributed by atoms with Crippen molar-refractivity contribution in [2.75, 3.05) is 11.9 Å². The van der Waals surface area contributed by atoms with Crippen molar-refractivity contribution in [3.8, 4) is 5.75 Å². The monoisotopic (exact) mass is 288 g/mol. The number of amides is 1. The topological polar surface area (TPSA) is 50.4 Å². The van der Waals surface area contributed by atoms with Crippen LogP contribution in [-0.2, 0) is 11.3 Å². The van der Waals surface area contributed by atoms with E-state index in [4.69, 9.17) is 4.74 Å². The highest BCUT2D eigenvalue weighted by Crippen LogP contribution is 2.29. The first-order chi connectivity index (χ1) is 10.2. The molecule has 1 fully saturated rings. The Balaban J connectivity index is 1.54. The summed E-state index contributed by atoms with van der Waals surface area (Å²) in [6.45, 7) is 3.26. The SMILES string of the molecule is CCC1CCC(NCc2ccc3c(c2)NC(=O)CO3)CC1. The maximum absolute atomic E-state index is 11.3. The van der Waals surface area contributed by atoms with Crippen molar-refractivity contribution in [2.24, 2.45) is 5.92 Å². The largest absolute Gasteiger partial charge is 0.482 e. The van der Waals surface area contributed by atoms with Gasteiger partial charge in [-0.15, -0.1) is 0 Å². The third-order valence-corrected chi connectivity index (χ3v) is 4.70. The highest BCUT2D eigenvalue weighted by Gasteiger charge is 2.20. The Morgan fingerprint density at radius 1 is 1.29 bits per heavy atom. The van der Waals surface area contributed by atoms with Gasteiger partial charge < -0.3 is 15.4 Å². The van der Waals surface area contributed by atoms with Gasteiger partial charge in [-0.2, -0.15) is 0 Å². The smallest absolute Gasteiger partial charge is 0.262 e. The summed E-state index contributed by atoms with van der Waals surface area (Å²) < 4.78 is 5.38. The molecule has 21 heavy (non-hydrogen) atoms. The van der Waals surface area contributed by atoms with Crippen molar-refractivity contribution in [3.05, 3.63) is 23.8 Å². The maximum Gasteiger partial charge on any atom is 0.262 e. The van der Waals surface area contributed by atoms with Crippen LogP contribution in [0.5, 0.6) is 5.75 Å². The van der Waals surface area contributed by atoms with Gasteiger partial charge in [0, 0.05) is 12.6 Å². The van der Waals surface area contributed by atoms with Gasteiger partial charge in [-0.25, -0.2) is 0 Å². The van der Waals surface area contributed by atoms with Crippen LogP contribution in [0.15, 0.2) is 18.2 Å². The number of anilines is 1. The number of carbonyl (C=O) groups is 1. The van der Waals surface area contributed by atoms with Crippen molar-refractivity contribution in [1.82, 2.24) is 5.32 Å². The second kappa shape index (κ2) is 6.48. The molecule has 4 heteroatoms. The van der Waals surface area contributed by atoms with Crippen molar-refractivity contribution in [1.29, 1.82) is 0 Å². The van der Waals surface area contributed by atoms with Gasteiger partial charge in [0.05, 0.1) is 5.69 Å². The quantitative estimate of drug-likeness (QED) is 0.895. The van der Waals surface area contributed by atoms with Gasteiger partial charge in [0.15, 0.2) is 6.61 Å². The van der Waals surface area contributed by atoms with E-state index in [9.17, 15) is 4.79 Å². The summed E-state index contributed by atoms with van der Waals surface area (Å²) in [6, 6.07) is 6.66. The van der Waals surface area contributed by atoms with Crippen molar-refractivity contribution < 1.29 is 9.53 Å². The van der Waals surface area contributed by atoms with Crippen molar-refractivity contribution in [3.63, 3.8) is 0 Å². The Bertz CT molecular complexity index is 508. The summed E-state index contributed by atoms with van der Waals surface area (Å²) in [5.74, 6) is 1.62. The molecular weight excluding hydrogens is 264 g/mol. The molecule has 4 nitrogen and oxygen atoms in total. The summed E-state index contributed by atoms with van der Waals surface area (Å²) in [4.78, 5) is 11.3. The Morgan fingerprint density at radius 3 is 2.86 bits per heavy atom. The molecule has 0 unspecified atom stereocenters. The van der Waals surface area contributed by atoms with Crippen LogP contribution in [0.2, 0.25) is 0 Å². The van der Waals surface area contributed by atoms with Crippen LogP contribution in [0, 0.1) is 5.92 Å². The molecular formula is C17H24N2O2. The molecule has 1 saturated carbocycles. The maximum atomic E-state index is 11.3. The number of benzene rings is 1. The van der Waals surface area contributed by atoms with Crippen LogP contribution in [0.4, 0.5) is 5.69 Å². The fourth-order valence-electron chi connectivity index (χ4n) is 3.28. The molecule has 2 aliphatic rings. The summed E-state index contributed by atoms with van der Waals surface area (Å²) in [7, 11) is 0. The Kier molecular flexibility index (Phi) is 4.44. The molecule has 1 aliphatic heterocycles. The summed E-state index contributed by atoms with van der Waals surface area (Å²) in [6.07, 6.45) is 6.58. The number of nitrogens with one attached hydrogen (secondary N) is 2. The minimum atomic E-state index is -0.0782. The predicted molar refractivity (Wildman–Crippen MR) is 83.4 cm³/mol. The number of hydrogen-bond acceptors (Lipinski definition) is 3. The molecule has 1 aromatic carbocycles. The van der Waals surface area contributed by atoms with E-state index in [1.165, 1.54) is 37.7 Å². The van der Waals surface area contributed by atoms with Crippen LogP contribution < -0.4 is 15.4 Å². The zero-order valence-corrected chi connectivity index (χ0v) is 12.7. The lowest BCUT2D eigenvalue weighted by molar-refractivity contribution is -0.118. The van der Waals surface area contributed by atoms with Crippen LogP contribution in [0.25, 0.3) is 0 Å². The molecule has 0 spiro atoms. The molecule has 1 aromatic rings. The number of hydrogen-bond donors (Lipinski definition) is 2. The van der Waals surface area contributed by atoms with E-state index in [0.717, 1.165) is 23.9 Å². The van der Waals surface area contributed by atoms with Gasteiger partial charge in [0.1, 0.15) is 5.75 Å². The number of ether oxygens (including phenoxy) is 1. The van der Waals surface area contributed by atoms with E-state index in [1.807, 2.05) is 12.1 Å². The molecule has 1 heterocycles. The molecule has 114 valence electrons. The zero-order valence-electron chi connectivity index (χ0n) is 12.7. The molecule has 1 amide bonds. The second-order valence-corrected chi connectivity index (χ2v) is 6.17. The highest BCUT2D eigenvalue weighted by atomic mass is 16.5. The Labute approximate surface area is 126 Å². The van der Waals surface area contributed by atoms with Gasteiger partial charge in [0.25, 0.3) is 5.91 Å². The normalized spacial score (nSPS) is 24.9. The first kappa shape index (κ1) is 14.4.